The van der Waals surface area contributed by atoms with E-state index in [0.717, 1.165) is 0 Å². The summed E-state index contributed by atoms with van der Waals surface area (Å²) in [6, 6.07) is 0. The minimum atomic E-state index is -0.885. The fraction of sp³-hybridized carbons (Fsp3) is 0.500. The Kier molecular flexibility index (Phi) is 2.30. The van der Waals surface area contributed by atoms with Crippen molar-refractivity contribution in [2.75, 3.05) is 6.61 Å². The van der Waals surface area contributed by atoms with Crippen LogP contribution in [0.3, 0.4) is 0 Å². The third kappa shape index (κ3) is 1.49. The molecule has 1 fully saturated rings. The minimum Gasteiger partial charge on any atom is -0.430 e. The molecule has 1 rings (SSSR count). The van der Waals surface area contributed by atoms with Crippen LogP contribution in [-0.2, 0) is 17.3 Å². The second kappa shape index (κ2) is 3.04. The first-order chi connectivity index (χ1) is 4.74. The molecule has 5 nitrogen and oxygen atoms in total. The summed E-state index contributed by atoms with van der Waals surface area (Å²) in [6.45, 7) is -0.0549. The van der Waals surface area contributed by atoms with Gasteiger partial charge in [-0.1, -0.05) is 0 Å². The highest BCUT2D eigenvalue weighted by Crippen LogP contribution is 2.08. The Morgan fingerprint density at radius 2 is 2.50 bits per heavy atom. The summed E-state index contributed by atoms with van der Waals surface area (Å²) in [5, 5.41) is 0. The molecule has 0 saturated carbocycles. The zero-order valence-electron chi connectivity index (χ0n) is 4.70. The van der Waals surface area contributed by atoms with E-state index in [0.29, 0.717) is 0 Å². The van der Waals surface area contributed by atoms with E-state index in [1.54, 1.807) is 0 Å². The molecule has 6 heteroatoms. The molecule has 1 unspecified atom stereocenters. The van der Waals surface area contributed by atoms with Gasteiger partial charge in [-0.2, -0.15) is 0 Å². The molecule has 0 N–H and O–H groups in total. The number of cyclic esters (lactones) is 2. The Bertz CT molecular complexity index is 167. The van der Waals surface area contributed by atoms with Crippen LogP contribution in [0.5, 0.6) is 0 Å². The average molecular weight is 258 g/mol. The van der Waals surface area contributed by atoms with Gasteiger partial charge in [-0.25, -0.2) is 9.59 Å². The highest BCUT2D eigenvalue weighted by molar-refractivity contribution is 14.1. The van der Waals surface area contributed by atoms with Crippen LogP contribution in [0.15, 0.2) is 0 Å². The molecule has 56 valence electrons. The largest absolute Gasteiger partial charge is 0.509 e. The van der Waals surface area contributed by atoms with Gasteiger partial charge >= 0.3 is 12.1 Å². The maximum Gasteiger partial charge on any atom is 0.509 e. The standard InChI is InChI=1S/C4H3IO5/c5-10-3(6)2-1-8-4(7)9-2/h2H,1H2. The highest BCUT2D eigenvalue weighted by atomic mass is 127. The fourth-order valence-electron chi connectivity index (χ4n) is 0.494. The first-order valence-electron chi connectivity index (χ1n) is 2.40. The van der Waals surface area contributed by atoms with Crippen molar-refractivity contribution in [2.45, 2.75) is 6.10 Å². The van der Waals surface area contributed by atoms with E-state index in [-0.39, 0.29) is 6.61 Å². The Hall–Kier alpha value is -0.530. The molecule has 10 heavy (non-hydrogen) atoms. The van der Waals surface area contributed by atoms with Crippen LogP contribution in [-0.4, -0.2) is 24.8 Å². The maximum atomic E-state index is 10.6. The first-order valence-corrected chi connectivity index (χ1v) is 3.28. The Balaban J connectivity index is 2.44. The zero-order chi connectivity index (χ0) is 7.56. The topological polar surface area (TPSA) is 61.8 Å². The summed E-state index contributed by atoms with van der Waals surface area (Å²) in [5.41, 5.74) is 0. The molecule has 0 aliphatic carbocycles. The minimum absolute atomic E-state index is 0.0549. The molecule has 1 saturated heterocycles. The number of ether oxygens (including phenoxy) is 2. The molecular weight excluding hydrogens is 255 g/mol. The maximum absolute atomic E-state index is 10.6. The summed E-state index contributed by atoms with van der Waals surface area (Å²) >= 11 is 1.41. The molecule has 1 heterocycles. The molecule has 0 amide bonds. The lowest BCUT2D eigenvalue weighted by atomic mass is 10.4. The third-order valence-corrected chi connectivity index (χ3v) is 1.36. The Morgan fingerprint density at radius 1 is 1.80 bits per heavy atom. The molecule has 0 aromatic heterocycles. The van der Waals surface area contributed by atoms with Crippen molar-refractivity contribution in [1.29, 1.82) is 0 Å². The molecule has 1 atom stereocenters. The van der Waals surface area contributed by atoms with E-state index in [2.05, 4.69) is 12.5 Å². The van der Waals surface area contributed by atoms with Gasteiger partial charge in [-0.05, 0) is 0 Å². The first kappa shape index (κ1) is 7.58. The average Bonchev–Trinajstić information content (AvgIpc) is 2.34. The molecule has 1 aliphatic heterocycles. The van der Waals surface area contributed by atoms with Gasteiger partial charge in [0.15, 0.2) is 23.0 Å². The molecule has 0 aromatic rings. The van der Waals surface area contributed by atoms with Crippen LogP contribution in [0, 0.1) is 0 Å². The second-order valence-corrected chi connectivity index (χ2v) is 2.00. The predicted octanol–water partition coefficient (Wildman–Crippen LogP) is 0.415. The zero-order valence-corrected chi connectivity index (χ0v) is 6.86. The van der Waals surface area contributed by atoms with Gasteiger partial charge in [-0.15, -0.1) is 0 Å². The lowest BCUT2D eigenvalue weighted by Gasteiger charge is -1.98. The van der Waals surface area contributed by atoms with Crippen LogP contribution in [0.4, 0.5) is 4.79 Å². The van der Waals surface area contributed by atoms with Gasteiger partial charge in [0.05, 0.1) is 0 Å². The van der Waals surface area contributed by atoms with Crippen molar-refractivity contribution < 1.29 is 22.1 Å². The van der Waals surface area contributed by atoms with E-state index in [1.165, 1.54) is 23.0 Å². The van der Waals surface area contributed by atoms with Crippen LogP contribution < -0.4 is 0 Å². The summed E-state index contributed by atoms with van der Waals surface area (Å²) in [4.78, 5) is 20.8. The lowest BCUT2D eigenvalue weighted by molar-refractivity contribution is -0.138. The van der Waals surface area contributed by atoms with E-state index >= 15 is 0 Å². The van der Waals surface area contributed by atoms with Gasteiger partial charge < -0.3 is 12.5 Å². The quantitative estimate of drug-likeness (QED) is 0.503. The van der Waals surface area contributed by atoms with Crippen LogP contribution in [0.25, 0.3) is 0 Å². The predicted molar refractivity (Wildman–Crippen MR) is 36.3 cm³/mol. The van der Waals surface area contributed by atoms with Crippen molar-refractivity contribution in [3.63, 3.8) is 0 Å². The summed E-state index contributed by atoms with van der Waals surface area (Å²) in [6.07, 6.45) is -1.71. The van der Waals surface area contributed by atoms with E-state index in [1.807, 2.05) is 0 Å². The van der Waals surface area contributed by atoms with Gasteiger partial charge in [0.1, 0.15) is 6.61 Å². The fourth-order valence-corrected chi connectivity index (χ4v) is 0.777. The normalized spacial score (nSPS) is 23.3. The van der Waals surface area contributed by atoms with Gasteiger partial charge in [0, 0.05) is 0 Å². The van der Waals surface area contributed by atoms with E-state index in [4.69, 9.17) is 0 Å². The highest BCUT2D eigenvalue weighted by Gasteiger charge is 2.32. The molecular formula is C4H3IO5. The van der Waals surface area contributed by atoms with Crippen molar-refractivity contribution in [3.8, 4) is 0 Å². The smallest absolute Gasteiger partial charge is 0.430 e. The van der Waals surface area contributed by atoms with E-state index < -0.39 is 18.2 Å². The van der Waals surface area contributed by atoms with Gasteiger partial charge in [0.2, 0.25) is 6.10 Å². The van der Waals surface area contributed by atoms with Crippen LogP contribution >= 0.6 is 23.0 Å². The molecule has 0 radical (unpaired) electrons. The number of rotatable bonds is 1. The number of hydrogen-bond acceptors (Lipinski definition) is 5. The summed E-state index contributed by atoms with van der Waals surface area (Å²) < 4.78 is 13.0. The second-order valence-electron chi connectivity index (χ2n) is 1.56. The molecule has 1 aliphatic rings. The third-order valence-electron chi connectivity index (χ3n) is 0.930. The Labute approximate surface area is 70.3 Å². The van der Waals surface area contributed by atoms with Crippen LogP contribution in [0.2, 0.25) is 0 Å². The lowest BCUT2D eigenvalue weighted by Crippen LogP contribution is -2.22. The monoisotopic (exact) mass is 258 g/mol. The van der Waals surface area contributed by atoms with Gasteiger partial charge in [-0.3, -0.25) is 0 Å². The van der Waals surface area contributed by atoms with Crippen molar-refractivity contribution in [2.24, 2.45) is 0 Å². The van der Waals surface area contributed by atoms with Crippen molar-refractivity contribution >= 4 is 35.1 Å². The molecule has 0 aromatic carbocycles. The Morgan fingerprint density at radius 3 is 2.90 bits per heavy atom. The van der Waals surface area contributed by atoms with E-state index in [9.17, 15) is 9.59 Å². The SMILES string of the molecule is O=C1OCC(C(=O)OI)O1. The van der Waals surface area contributed by atoms with Gasteiger partial charge in [0.25, 0.3) is 0 Å². The van der Waals surface area contributed by atoms with Crippen LogP contribution in [0.1, 0.15) is 0 Å². The number of halogens is 1. The number of carbonyl (C=O) groups excluding carboxylic acids is 2. The number of hydrogen-bond donors (Lipinski definition) is 0. The molecule has 0 spiro atoms. The van der Waals surface area contributed by atoms with Crippen molar-refractivity contribution in [3.05, 3.63) is 0 Å². The molecule has 0 bridgehead atoms. The number of carbonyl (C=O) groups is 2. The van der Waals surface area contributed by atoms with Crippen molar-refractivity contribution in [1.82, 2.24) is 0 Å². The summed E-state index contributed by atoms with van der Waals surface area (Å²) in [7, 11) is 0. The summed E-state index contributed by atoms with van der Waals surface area (Å²) in [5.74, 6) is -0.605.